The number of rotatable bonds is 3. The van der Waals surface area contributed by atoms with Crippen molar-refractivity contribution in [1.82, 2.24) is 5.32 Å². The fourth-order valence-electron chi connectivity index (χ4n) is 3.95. The summed E-state index contributed by atoms with van der Waals surface area (Å²) in [5.74, 6) is 2.84. The van der Waals surface area contributed by atoms with Crippen molar-refractivity contribution in [3.63, 3.8) is 0 Å². The van der Waals surface area contributed by atoms with Gasteiger partial charge in [0.1, 0.15) is 0 Å². The molecule has 2 saturated carbocycles. The van der Waals surface area contributed by atoms with Crippen molar-refractivity contribution in [2.45, 2.75) is 77.8 Å². The molecule has 5 atom stereocenters. The van der Waals surface area contributed by atoms with Gasteiger partial charge in [-0.3, -0.25) is 0 Å². The third-order valence-electron chi connectivity index (χ3n) is 5.14. The Labute approximate surface area is 101 Å². The van der Waals surface area contributed by atoms with Gasteiger partial charge in [-0.2, -0.15) is 0 Å². The lowest BCUT2D eigenvalue weighted by atomic mass is 9.86. The van der Waals surface area contributed by atoms with Gasteiger partial charge in [-0.25, -0.2) is 0 Å². The normalized spacial score (nSPS) is 44.8. The standard InChI is InChI=1S/C15H29N/c1-4-13-8-9-15(12(13)3)16-14-7-5-6-11(2)10-14/h11-16H,4-10H2,1-3H3. The molecule has 2 aliphatic carbocycles. The Morgan fingerprint density at radius 1 is 1.06 bits per heavy atom. The largest absolute Gasteiger partial charge is 0.311 e. The van der Waals surface area contributed by atoms with Gasteiger partial charge in [0.2, 0.25) is 0 Å². The van der Waals surface area contributed by atoms with E-state index in [9.17, 15) is 0 Å². The van der Waals surface area contributed by atoms with Crippen LogP contribution >= 0.6 is 0 Å². The number of nitrogens with one attached hydrogen (secondary N) is 1. The summed E-state index contributed by atoms with van der Waals surface area (Å²) >= 11 is 0. The Morgan fingerprint density at radius 3 is 2.50 bits per heavy atom. The van der Waals surface area contributed by atoms with Crippen molar-refractivity contribution in [1.29, 1.82) is 0 Å². The van der Waals surface area contributed by atoms with Crippen molar-refractivity contribution < 1.29 is 0 Å². The Bertz CT molecular complexity index is 213. The maximum atomic E-state index is 3.96. The Morgan fingerprint density at radius 2 is 1.88 bits per heavy atom. The van der Waals surface area contributed by atoms with Crippen molar-refractivity contribution in [2.24, 2.45) is 17.8 Å². The molecule has 2 fully saturated rings. The third kappa shape index (κ3) is 2.80. The summed E-state index contributed by atoms with van der Waals surface area (Å²) in [6.07, 6.45) is 9.99. The van der Waals surface area contributed by atoms with E-state index in [1.54, 1.807) is 0 Å². The van der Waals surface area contributed by atoms with Crippen LogP contribution in [0.4, 0.5) is 0 Å². The van der Waals surface area contributed by atoms with E-state index in [0.717, 1.165) is 29.8 Å². The van der Waals surface area contributed by atoms with Crippen LogP contribution < -0.4 is 5.32 Å². The van der Waals surface area contributed by atoms with Gasteiger partial charge in [0.15, 0.2) is 0 Å². The van der Waals surface area contributed by atoms with E-state index in [0.29, 0.717) is 0 Å². The Balaban J connectivity index is 1.81. The zero-order valence-corrected chi connectivity index (χ0v) is 11.3. The minimum atomic E-state index is 0.820. The average Bonchev–Trinajstić information content (AvgIpc) is 2.60. The summed E-state index contributed by atoms with van der Waals surface area (Å²) in [5, 5.41) is 3.96. The molecule has 0 saturated heterocycles. The first kappa shape index (κ1) is 12.4. The van der Waals surface area contributed by atoms with Crippen molar-refractivity contribution in [3.8, 4) is 0 Å². The molecule has 1 nitrogen and oxygen atoms in total. The highest BCUT2D eigenvalue weighted by atomic mass is 15.0. The van der Waals surface area contributed by atoms with E-state index in [-0.39, 0.29) is 0 Å². The molecule has 0 radical (unpaired) electrons. The lowest BCUT2D eigenvalue weighted by Crippen LogP contribution is -2.42. The van der Waals surface area contributed by atoms with Gasteiger partial charge < -0.3 is 5.32 Å². The summed E-state index contributed by atoms with van der Waals surface area (Å²) in [6.45, 7) is 7.23. The molecule has 0 spiro atoms. The van der Waals surface area contributed by atoms with Gasteiger partial charge in [0, 0.05) is 12.1 Å². The summed E-state index contributed by atoms with van der Waals surface area (Å²) in [6, 6.07) is 1.65. The van der Waals surface area contributed by atoms with Crippen molar-refractivity contribution in [3.05, 3.63) is 0 Å². The zero-order chi connectivity index (χ0) is 11.5. The molecule has 0 heterocycles. The maximum absolute atomic E-state index is 3.96. The van der Waals surface area contributed by atoms with E-state index in [2.05, 4.69) is 26.1 Å². The minimum Gasteiger partial charge on any atom is -0.311 e. The third-order valence-corrected chi connectivity index (χ3v) is 5.14. The molecule has 0 aromatic rings. The van der Waals surface area contributed by atoms with Crippen LogP contribution in [0, 0.1) is 17.8 Å². The van der Waals surface area contributed by atoms with Crippen LogP contribution in [0.1, 0.15) is 65.7 Å². The summed E-state index contributed by atoms with van der Waals surface area (Å²) in [4.78, 5) is 0. The van der Waals surface area contributed by atoms with Gasteiger partial charge in [0.25, 0.3) is 0 Å². The Kier molecular flexibility index (Phi) is 4.29. The quantitative estimate of drug-likeness (QED) is 0.763. The van der Waals surface area contributed by atoms with Gasteiger partial charge >= 0.3 is 0 Å². The Hall–Kier alpha value is -0.0400. The lowest BCUT2D eigenvalue weighted by Gasteiger charge is -2.32. The van der Waals surface area contributed by atoms with Crippen molar-refractivity contribution in [2.75, 3.05) is 0 Å². The summed E-state index contributed by atoms with van der Waals surface area (Å²) in [7, 11) is 0. The highest BCUT2D eigenvalue weighted by Crippen LogP contribution is 2.35. The lowest BCUT2D eigenvalue weighted by molar-refractivity contribution is 0.252. The fourth-order valence-corrected chi connectivity index (χ4v) is 3.95. The van der Waals surface area contributed by atoms with Gasteiger partial charge in [0.05, 0.1) is 0 Å². The smallest absolute Gasteiger partial charge is 0.00980 e. The monoisotopic (exact) mass is 223 g/mol. The van der Waals surface area contributed by atoms with Crippen LogP contribution in [-0.2, 0) is 0 Å². The second-order valence-electron chi connectivity index (χ2n) is 6.35. The molecule has 0 aromatic heterocycles. The minimum absolute atomic E-state index is 0.820. The van der Waals surface area contributed by atoms with Gasteiger partial charge in [-0.05, 0) is 43.4 Å². The highest BCUT2D eigenvalue weighted by molar-refractivity contribution is 4.89. The molecule has 94 valence electrons. The van der Waals surface area contributed by atoms with Crippen LogP contribution in [-0.4, -0.2) is 12.1 Å². The summed E-state index contributed by atoms with van der Waals surface area (Å²) < 4.78 is 0. The number of hydrogen-bond donors (Lipinski definition) is 1. The fraction of sp³-hybridized carbons (Fsp3) is 1.00. The molecule has 16 heavy (non-hydrogen) atoms. The SMILES string of the molecule is CCC1CCC(NC2CCCC(C)C2)C1C. The molecule has 2 rings (SSSR count). The van der Waals surface area contributed by atoms with Gasteiger partial charge in [-0.15, -0.1) is 0 Å². The number of hydrogen-bond acceptors (Lipinski definition) is 1. The molecule has 2 aliphatic rings. The molecule has 0 aliphatic heterocycles. The second-order valence-corrected chi connectivity index (χ2v) is 6.35. The average molecular weight is 223 g/mol. The van der Waals surface area contributed by atoms with Crippen LogP contribution in [0.25, 0.3) is 0 Å². The van der Waals surface area contributed by atoms with E-state index in [1.165, 1.54) is 44.9 Å². The van der Waals surface area contributed by atoms with E-state index >= 15 is 0 Å². The molecular formula is C15H29N. The summed E-state index contributed by atoms with van der Waals surface area (Å²) in [5.41, 5.74) is 0. The second kappa shape index (κ2) is 5.53. The first-order valence-electron chi connectivity index (χ1n) is 7.46. The van der Waals surface area contributed by atoms with Crippen LogP contribution in [0.2, 0.25) is 0 Å². The van der Waals surface area contributed by atoms with E-state index in [1.807, 2.05) is 0 Å². The molecule has 1 heteroatoms. The highest BCUT2D eigenvalue weighted by Gasteiger charge is 2.33. The van der Waals surface area contributed by atoms with E-state index in [4.69, 9.17) is 0 Å². The predicted molar refractivity (Wildman–Crippen MR) is 70.5 cm³/mol. The van der Waals surface area contributed by atoms with Crippen molar-refractivity contribution >= 4 is 0 Å². The molecule has 5 unspecified atom stereocenters. The van der Waals surface area contributed by atoms with Crippen LogP contribution in [0.15, 0.2) is 0 Å². The first-order valence-corrected chi connectivity index (χ1v) is 7.46. The van der Waals surface area contributed by atoms with E-state index < -0.39 is 0 Å². The van der Waals surface area contributed by atoms with Gasteiger partial charge in [-0.1, -0.05) is 40.0 Å². The maximum Gasteiger partial charge on any atom is 0.00980 e. The molecule has 0 amide bonds. The van der Waals surface area contributed by atoms with Crippen LogP contribution in [0.3, 0.4) is 0 Å². The first-order chi connectivity index (χ1) is 7.70. The zero-order valence-electron chi connectivity index (χ0n) is 11.3. The molecule has 1 N–H and O–H groups in total. The van der Waals surface area contributed by atoms with Crippen LogP contribution in [0.5, 0.6) is 0 Å². The molecular weight excluding hydrogens is 194 g/mol. The molecule has 0 aromatic carbocycles. The predicted octanol–water partition coefficient (Wildman–Crippen LogP) is 3.98. The molecule has 0 bridgehead atoms. The topological polar surface area (TPSA) is 12.0 Å².